The molecule has 0 unspecified atom stereocenters. The van der Waals surface area contributed by atoms with Crippen molar-refractivity contribution in [3.8, 4) is 0 Å². The molecular weight excluding hydrogens is 350 g/mol. The zero-order valence-electron chi connectivity index (χ0n) is 16.3. The number of fused-ring (bicyclic) bond motifs is 1. The van der Waals surface area contributed by atoms with Gasteiger partial charge in [0.25, 0.3) is 5.56 Å². The van der Waals surface area contributed by atoms with E-state index in [9.17, 15) is 4.79 Å². The minimum absolute atomic E-state index is 0.0742. The number of likely N-dealkylation sites (tertiary alicyclic amines) is 1. The molecule has 2 aliphatic rings. The second-order valence-corrected chi connectivity index (χ2v) is 8.28. The molecule has 2 aromatic heterocycles. The molecule has 6 heteroatoms. The van der Waals surface area contributed by atoms with E-state index in [0.29, 0.717) is 17.3 Å². The molecule has 28 heavy (non-hydrogen) atoms. The molecule has 3 heterocycles. The lowest BCUT2D eigenvalue weighted by Gasteiger charge is -2.23. The van der Waals surface area contributed by atoms with Crippen LogP contribution in [-0.2, 0) is 0 Å². The minimum atomic E-state index is -0.0742. The predicted molar refractivity (Wildman–Crippen MR) is 109 cm³/mol. The molecule has 3 aromatic rings. The van der Waals surface area contributed by atoms with E-state index in [2.05, 4.69) is 52.2 Å². The van der Waals surface area contributed by atoms with Gasteiger partial charge in [-0.1, -0.05) is 43.2 Å². The van der Waals surface area contributed by atoms with Gasteiger partial charge in [0, 0.05) is 6.54 Å². The highest BCUT2D eigenvalue weighted by Gasteiger charge is 2.29. The van der Waals surface area contributed by atoms with Gasteiger partial charge in [-0.15, -0.1) is 0 Å². The Hall–Kier alpha value is -2.47. The highest BCUT2D eigenvalue weighted by atomic mass is 16.1. The number of hydrogen-bond acceptors (Lipinski definition) is 4. The molecule has 1 aliphatic heterocycles. The molecule has 0 amide bonds. The molecule has 1 aliphatic carbocycles. The Bertz CT molecular complexity index is 1020. The summed E-state index contributed by atoms with van der Waals surface area (Å²) in [5, 5.41) is 5.11. The Kier molecular flexibility index (Phi) is 4.51. The zero-order valence-corrected chi connectivity index (χ0v) is 16.3. The van der Waals surface area contributed by atoms with Crippen LogP contribution in [0, 0.1) is 0 Å². The van der Waals surface area contributed by atoms with Crippen LogP contribution in [0.15, 0.2) is 41.3 Å². The summed E-state index contributed by atoms with van der Waals surface area (Å²) in [6, 6.07) is 11.2. The SMILES string of the molecule is C[C@H](c1nc2c(cnn2C2CCCC2)c(=O)[nH]1)N1CC[C@H](c2ccccc2)C1. The van der Waals surface area contributed by atoms with Gasteiger partial charge in [-0.2, -0.15) is 5.10 Å². The van der Waals surface area contributed by atoms with Crippen molar-refractivity contribution in [2.24, 2.45) is 0 Å². The van der Waals surface area contributed by atoms with Crippen LogP contribution in [0.25, 0.3) is 11.0 Å². The van der Waals surface area contributed by atoms with E-state index in [1.807, 2.05) is 4.68 Å². The first-order valence-corrected chi connectivity index (χ1v) is 10.5. The number of aromatic nitrogens is 4. The van der Waals surface area contributed by atoms with E-state index in [4.69, 9.17) is 4.98 Å². The van der Waals surface area contributed by atoms with Crippen molar-refractivity contribution in [3.63, 3.8) is 0 Å². The standard InChI is InChI=1S/C22H27N5O/c1-15(26-12-11-17(14-26)16-7-3-2-4-8-16)20-24-21-19(22(28)25-20)13-23-27(21)18-9-5-6-10-18/h2-4,7-8,13,15,17-18H,5-6,9-12,14H2,1H3,(H,24,25,28)/t15-,17+/m1/s1. The van der Waals surface area contributed by atoms with Crippen LogP contribution in [0.4, 0.5) is 0 Å². The third-order valence-corrected chi connectivity index (χ3v) is 6.59. The van der Waals surface area contributed by atoms with Gasteiger partial charge >= 0.3 is 0 Å². The van der Waals surface area contributed by atoms with Gasteiger partial charge in [0.15, 0.2) is 5.65 Å². The number of H-pyrrole nitrogens is 1. The lowest BCUT2D eigenvalue weighted by Crippen LogP contribution is -2.28. The Balaban J connectivity index is 1.42. The van der Waals surface area contributed by atoms with Gasteiger partial charge < -0.3 is 4.98 Å². The first-order chi connectivity index (χ1) is 13.7. The first-order valence-electron chi connectivity index (χ1n) is 10.5. The summed E-state index contributed by atoms with van der Waals surface area (Å²) in [6.07, 6.45) is 7.53. The summed E-state index contributed by atoms with van der Waals surface area (Å²) in [4.78, 5) is 23.0. The maximum absolute atomic E-state index is 12.7. The van der Waals surface area contributed by atoms with Gasteiger partial charge in [0.2, 0.25) is 0 Å². The van der Waals surface area contributed by atoms with Gasteiger partial charge in [0.05, 0.1) is 18.3 Å². The second kappa shape index (κ2) is 7.17. The van der Waals surface area contributed by atoms with Gasteiger partial charge in [0.1, 0.15) is 11.2 Å². The first kappa shape index (κ1) is 17.6. The van der Waals surface area contributed by atoms with Crippen LogP contribution < -0.4 is 5.56 Å². The quantitative estimate of drug-likeness (QED) is 0.751. The molecule has 1 aromatic carbocycles. The van der Waals surface area contributed by atoms with E-state index in [-0.39, 0.29) is 11.6 Å². The number of nitrogens with one attached hydrogen (secondary N) is 1. The summed E-state index contributed by atoms with van der Waals surface area (Å²) in [5.74, 6) is 1.30. The zero-order chi connectivity index (χ0) is 19.1. The smallest absolute Gasteiger partial charge is 0.262 e. The fraction of sp³-hybridized carbons (Fsp3) is 0.500. The predicted octanol–water partition coefficient (Wildman–Crippen LogP) is 3.79. The van der Waals surface area contributed by atoms with E-state index in [1.165, 1.54) is 18.4 Å². The third kappa shape index (κ3) is 3.05. The number of nitrogens with zero attached hydrogens (tertiary/aromatic N) is 4. The Morgan fingerprint density at radius 1 is 1.14 bits per heavy atom. The molecule has 5 rings (SSSR count). The van der Waals surface area contributed by atoms with Crippen LogP contribution in [0.1, 0.15) is 68.4 Å². The van der Waals surface area contributed by atoms with E-state index in [1.54, 1.807) is 6.20 Å². The van der Waals surface area contributed by atoms with Crippen molar-refractivity contribution >= 4 is 11.0 Å². The number of benzene rings is 1. The molecular formula is C22H27N5O. The van der Waals surface area contributed by atoms with Crippen molar-refractivity contribution in [1.82, 2.24) is 24.6 Å². The monoisotopic (exact) mass is 377 g/mol. The van der Waals surface area contributed by atoms with Gasteiger partial charge in [-0.3, -0.25) is 9.69 Å². The van der Waals surface area contributed by atoms with Crippen LogP contribution in [0.5, 0.6) is 0 Å². The van der Waals surface area contributed by atoms with Crippen LogP contribution in [0.2, 0.25) is 0 Å². The molecule has 1 N–H and O–H groups in total. The summed E-state index contributed by atoms with van der Waals surface area (Å²) in [6.45, 7) is 4.16. The molecule has 1 saturated carbocycles. The van der Waals surface area contributed by atoms with Gasteiger partial charge in [-0.25, -0.2) is 9.67 Å². The number of hydrogen-bond donors (Lipinski definition) is 1. The molecule has 0 spiro atoms. The summed E-state index contributed by atoms with van der Waals surface area (Å²) in [5.41, 5.74) is 2.07. The van der Waals surface area contributed by atoms with Gasteiger partial charge in [-0.05, 0) is 44.2 Å². The van der Waals surface area contributed by atoms with Crippen LogP contribution in [-0.4, -0.2) is 37.7 Å². The molecule has 1 saturated heterocycles. The summed E-state index contributed by atoms with van der Waals surface area (Å²) < 4.78 is 1.99. The second-order valence-electron chi connectivity index (χ2n) is 8.28. The van der Waals surface area contributed by atoms with Crippen LogP contribution >= 0.6 is 0 Å². The van der Waals surface area contributed by atoms with Crippen molar-refractivity contribution in [2.45, 2.75) is 57.0 Å². The lowest BCUT2D eigenvalue weighted by molar-refractivity contribution is 0.250. The summed E-state index contributed by atoms with van der Waals surface area (Å²) >= 11 is 0. The van der Waals surface area contributed by atoms with Crippen molar-refractivity contribution in [2.75, 3.05) is 13.1 Å². The number of rotatable bonds is 4. The minimum Gasteiger partial charge on any atom is -0.309 e. The van der Waals surface area contributed by atoms with Crippen molar-refractivity contribution in [1.29, 1.82) is 0 Å². The van der Waals surface area contributed by atoms with Crippen LogP contribution in [0.3, 0.4) is 0 Å². The highest BCUT2D eigenvalue weighted by Crippen LogP contribution is 2.33. The topological polar surface area (TPSA) is 66.8 Å². The fourth-order valence-corrected chi connectivity index (χ4v) is 4.88. The van der Waals surface area contributed by atoms with Crippen molar-refractivity contribution < 1.29 is 0 Å². The maximum Gasteiger partial charge on any atom is 0.262 e. The molecule has 2 atom stereocenters. The Morgan fingerprint density at radius 3 is 2.71 bits per heavy atom. The highest BCUT2D eigenvalue weighted by molar-refractivity contribution is 5.73. The molecule has 2 fully saturated rings. The normalized spacial score (nSPS) is 22.2. The fourth-order valence-electron chi connectivity index (χ4n) is 4.88. The Labute approximate surface area is 164 Å². The van der Waals surface area contributed by atoms with E-state index >= 15 is 0 Å². The summed E-state index contributed by atoms with van der Waals surface area (Å²) in [7, 11) is 0. The number of aromatic amines is 1. The largest absolute Gasteiger partial charge is 0.309 e. The molecule has 0 radical (unpaired) electrons. The Morgan fingerprint density at radius 2 is 1.93 bits per heavy atom. The van der Waals surface area contributed by atoms with E-state index < -0.39 is 0 Å². The lowest BCUT2D eigenvalue weighted by atomic mass is 9.99. The van der Waals surface area contributed by atoms with E-state index in [0.717, 1.165) is 43.8 Å². The maximum atomic E-state index is 12.7. The third-order valence-electron chi connectivity index (χ3n) is 6.59. The average Bonchev–Trinajstić information content (AvgIpc) is 3.47. The molecule has 146 valence electrons. The molecule has 6 nitrogen and oxygen atoms in total. The van der Waals surface area contributed by atoms with Crippen molar-refractivity contribution in [3.05, 3.63) is 58.3 Å². The average molecular weight is 377 g/mol. The molecule has 0 bridgehead atoms.